The van der Waals surface area contributed by atoms with Gasteiger partial charge in [0.05, 0.1) is 7.11 Å². The predicted octanol–water partition coefficient (Wildman–Crippen LogP) is 3.74. The molecule has 0 aliphatic carbocycles. The number of hydrogen-bond donors (Lipinski definition) is 0. The van der Waals surface area contributed by atoms with Crippen molar-refractivity contribution < 1.29 is 9.47 Å². The van der Waals surface area contributed by atoms with Gasteiger partial charge in [0.1, 0.15) is 12.4 Å². The molecule has 0 radical (unpaired) electrons. The first-order valence-electron chi connectivity index (χ1n) is 8.69. The van der Waals surface area contributed by atoms with Crippen LogP contribution in [-0.4, -0.2) is 49.8 Å². The zero-order valence-electron chi connectivity index (χ0n) is 15.0. The molecule has 0 saturated carbocycles. The second kappa shape index (κ2) is 9.05. The van der Waals surface area contributed by atoms with Gasteiger partial charge in [0, 0.05) is 43.4 Å². The lowest BCUT2D eigenvalue weighted by atomic mass is 10.1. The molecule has 1 aromatic carbocycles. The number of pyridine rings is 1. The van der Waals surface area contributed by atoms with Crippen molar-refractivity contribution in [3.63, 3.8) is 0 Å². The number of rotatable bonds is 7. The van der Waals surface area contributed by atoms with Crippen LogP contribution in [0.1, 0.15) is 5.56 Å². The smallest absolute Gasteiger partial charge is 0.161 e. The topological polar surface area (TPSA) is 37.8 Å². The zero-order chi connectivity index (χ0) is 18.4. The molecule has 0 spiro atoms. The van der Waals surface area contributed by atoms with Crippen LogP contribution in [0.25, 0.3) is 0 Å². The molecule has 2 heterocycles. The Morgan fingerprint density at radius 3 is 2.62 bits per heavy atom. The molecular weight excluding hydrogens is 394 g/mol. The third-order valence-electron chi connectivity index (χ3n) is 4.40. The van der Waals surface area contributed by atoms with E-state index in [1.165, 1.54) is 5.56 Å². The fourth-order valence-corrected chi connectivity index (χ4v) is 3.26. The Morgan fingerprint density at radius 1 is 1.15 bits per heavy atom. The Hall–Kier alpha value is -2.05. The molecule has 26 heavy (non-hydrogen) atoms. The molecular formula is C20H24BrN3O2. The van der Waals surface area contributed by atoms with Crippen LogP contribution in [0.5, 0.6) is 11.5 Å². The summed E-state index contributed by atoms with van der Waals surface area (Å²) in [6, 6.07) is 10.2. The van der Waals surface area contributed by atoms with Gasteiger partial charge in [-0.25, -0.2) is 4.98 Å². The first kappa shape index (κ1) is 18.7. The molecule has 1 aliphatic heterocycles. The van der Waals surface area contributed by atoms with Crippen LogP contribution in [0.3, 0.4) is 0 Å². The SMILES string of the molecule is C=CCOc1ccc(CN2CCN(c3ccc(Br)cn3)CC2)cc1OC. The summed E-state index contributed by atoms with van der Waals surface area (Å²) in [5, 5.41) is 0. The van der Waals surface area contributed by atoms with E-state index in [1.54, 1.807) is 13.2 Å². The quantitative estimate of drug-likeness (QED) is 0.641. The van der Waals surface area contributed by atoms with Crippen LogP contribution in [0.15, 0.2) is 53.7 Å². The number of ether oxygens (including phenoxy) is 2. The Bertz CT molecular complexity index is 728. The Kier molecular flexibility index (Phi) is 6.52. The number of benzene rings is 1. The highest BCUT2D eigenvalue weighted by Crippen LogP contribution is 2.29. The van der Waals surface area contributed by atoms with Gasteiger partial charge in [0.15, 0.2) is 11.5 Å². The largest absolute Gasteiger partial charge is 0.493 e. The predicted molar refractivity (Wildman–Crippen MR) is 108 cm³/mol. The van der Waals surface area contributed by atoms with Gasteiger partial charge in [-0.1, -0.05) is 18.7 Å². The monoisotopic (exact) mass is 417 g/mol. The number of anilines is 1. The van der Waals surface area contributed by atoms with E-state index in [4.69, 9.17) is 9.47 Å². The standard InChI is InChI=1S/C20H24BrN3O2/c1-3-12-26-18-6-4-16(13-19(18)25-2)15-23-8-10-24(11-9-23)20-7-5-17(21)14-22-20/h3-7,13-14H,1,8-12,15H2,2H3. The summed E-state index contributed by atoms with van der Waals surface area (Å²) in [6.07, 6.45) is 3.58. The maximum absolute atomic E-state index is 5.62. The molecule has 3 rings (SSSR count). The summed E-state index contributed by atoms with van der Waals surface area (Å²) in [7, 11) is 1.67. The fraction of sp³-hybridized carbons (Fsp3) is 0.350. The highest BCUT2D eigenvalue weighted by molar-refractivity contribution is 9.10. The lowest BCUT2D eigenvalue weighted by molar-refractivity contribution is 0.248. The van der Waals surface area contributed by atoms with Crippen LogP contribution in [0.4, 0.5) is 5.82 Å². The zero-order valence-corrected chi connectivity index (χ0v) is 16.6. The maximum atomic E-state index is 5.62. The van der Waals surface area contributed by atoms with Crippen molar-refractivity contribution in [3.05, 3.63) is 59.2 Å². The van der Waals surface area contributed by atoms with Crippen molar-refractivity contribution in [2.24, 2.45) is 0 Å². The molecule has 0 bridgehead atoms. The third kappa shape index (κ3) is 4.77. The highest BCUT2D eigenvalue weighted by Gasteiger charge is 2.18. The molecule has 0 amide bonds. The molecule has 1 fully saturated rings. The Balaban J connectivity index is 1.57. The number of piperazine rings is 1. The molecule has 2 aromatic rings. The molecule has 138 valence electrons. The van der Waals surface area contributed by atoms with Crippen LogP contribution in [0, 0.1) is 0 Å². The number of aromatic nitrogens is 1. The normalized spacial score (nSPS) is 14.9. The second-order valence-electron chi connectivity index (χ2n) is 6.18. The van der Waals surface area contributed by atoms with E-state index in [0.717, 1.165) is 54.5 Å². The van der Waals surface area contributed by atoms with Crippen molar-refractivity contribution in [2.45, 2.75) is 6.54 Å². The molecule has 1 aromatic heterocycles. The number of nitrogens with zero attached hydrogens (tertiary/aromatic N) is 3. The van der Waals surface area contributed by atoms with E-state index >= 15 is 0 Å². The van der Waals surface area contributed by atoms with Gasteiger partial charge >= 0.3 is 0 Å². The Labute approximate surface area is 163 Å². The molecule has 0 unspecified atom stereocenters. The van der Waals surface area contributed by atoms with Crippen molar-refractivity contribution in [2.75, 3.05) is 44.8 Å². The first-order valence-corrected chi connectivity index (χ1v) is 9.48. The van der Waals surface area contributed by atoms with Crippen molar-refractivity contribution in [1.29, 1.82) is 0 Å². The summed E-state index contributed by atoms with van der Waals surface area (Å²) in [6.45, 7) is 9.03. The van der Waals surface area contributed by atoms with Gasteiger partial charge in [0.25, 0.3) is 0 Å². The van der Waals surface area contributed by atoms with Crippen LogP contribution < -0.4 is 14.4 Å². The lowest BCUT2D eigenvalue weighted by Crippen LogP contribution is -2.46. The van der Waals surface area contributed by atoms with Crippen molar-refractivity contribution in [1.82, 2.24) is 9.88 Å². The molecule has 0 atom stereocenters. The number of hydrogen-bond acceptors (Lipinski definition) is 5. The van der Waals surface area contributed by atoms with Crippen LogP contribution >= 0.6 is 15.9 Å². The van der Waals surface area contributed by atoms with E-state index in [0.29, 0.717) is 6.61 Å². The van der Waals surface area contributed by atoms with Crippen molar-refractivity contribution in [3.8, 4) is 11.5 Å². The lowest BCUT2D eigenvalue weighted by Gasteiger charge is -2.35. The maximum Gasteiger partial charge on any atom is 0.161 e. The van der Waals surface area contributed by atoms with Crippen LogP contribution in [-0.2, 0) is 6.54 Å². The summed E-state index contributed by atoms with van der Waals surface area (Å²) in [4.78, 5) is 9.27. The first-order chi connectivity index (χ1) is 12.7. The molecule has 0 N–H and O–H groups in total. The summed E-state index contributed by atoms with van der Waals surface area (Å²) in [5.74, 6) is 2.56. The molecule has 1 aliphatic rings. The summed E-state index contributed by atoms with van der Waals surface area (Å²) in [5.41, 5.74) is 1.23. The number of methoxy groups -OCH3 is 1. The van der Waals surface area contributed by atoms with Crippen molar-refractivity contribution >= 4 is 21.7 Å². The minimum atomic E-state index is 0.474. The van der Waals surface area contributed by atoms with E-state index in [2.05, 4.69) is 55.5 Å². The average molecular weight is 418 g/mol. The minimum Gasteiger partial charge on any atom is -0.493 e. The minimum absolute atomic E-state index is 0.474. The van der Waals surface area contributed by atoms with E-state index in [-0.39, 0.29) is 0 Å². The van der Waals surface area contributed by atoms with Crippen LogP contribution in [0.2, 0.25) is 0 Å². The average Bonchev–Trinajstić information content (AvgIpc) is 2.68. The van der Waals surface area contributed by atoms with E-state index < -0.39 is 0 Å². The fourth-order valence-electron chi connectivity index (χ4n) is 3.03. The summed E-state index contributed by atoms with van der Waals surface area (Å²) >= 11 is 3.43. The number of halogens is 1. The van der Waals surface area contributed by atoms with E-state index in [1.807, 2.05) is 18.3 Å². The van der Waals surface area contributed by atoms with Gasteiger partial charge in [-0.2, -0.15) is 0 Å². The van der Waals surface area contributed by atoms with Gasteiger partial charge in [-0.05, 0) is 45.8 Å². The molecule has 5 nitrogen and oxygen atoms in total. The second-order valence-corrected chi connectivity index (χ2v) is 7.10. The summed E-state index contributed by atoms with van der Waals surface area (Å²) < 4.78 is 12.1. The highest BCUT2D eigenvalue weighted by atomic mass is 79.9. The van der Waals surface area contributed by atoms with Gasteiger partial charge in [-0.3, -0.25) is 4.90 Å². The molecule has 1 saturated heterocycles. The Morgan fingerprint density at radius 2 is 1.96 bits per heavy atom. The van der Waals surface area contributed by atoms with E-state index in [9.17, 15) is 0 Å². The van der Waals surface area contributed by atoms with Gasteiger partial charge in [-0.15, -0.1) is 0 Å². The van der Waals surface area contributed by atoms with Gasteiger partial charge < -0.3 is 14.4 Å². The molecule has 6 heteroatoms. The van der Waals surface area contributed by atoms with Gasteiger partial charge in [0.2, 0.25) is 0 Å². The third-order valence-corrected chi connectivity index (χ3v) is 4.87.